The Hall–Kier alpha value is -1.06. The van der Waals surface area contributed by atoms with Crippen molar-refractivity contribution in [2.24, 2.45) is 0 Å². The SMILES string of the molecule is CCCC(O)(CCC)COc1cccc(C[C@H](O)CC)c1. The van der Waals surface area contributed by atoms with Crippen LogP contribution in [-0.4, -0.2) is 28.5 Å². The van der Waals surface area contributed by atoms with Gasteiger partial charge in [0.05, 0.1) is 11.7 Å². The van der Waals surface area contributed by atoms with Gasteiger partial charge in [0, 0.05) is 0 Å². The molecule has 0 saturated heterocycles. The largest absolute Gasteiger partial charge is 0.491 e. The zero-order valence-electron chi connectivity index (χ0n) is 13.6. The summed E-state index contributed by atoms with van der Waals surface area (Å²) < 4.78 is 5.80. The molecule has 1 aromatic carbocycles. The molecular formula is C18H30O3. The third-order valence-electron chi connectivity index (χ3n) is 3.78. The van der Waals surface area contributed by atoms with Crippen LogP contribution in [0.1, 0.15) is 58.4 Å². The summed E-state index contributed by atoms with van der Waals surface area (Å²) in [5.41, 5.74) is 0.332. The van der Waals surface area contributed by atoms with Crippen LogP contribution >= 0.6 is 0 Å². The van der Waals surface area contributed by atoms with Gasteiger partial charge in [0.1, 0.15) is 12.4 Å². The van der Waals surface area contributed by atoms with Gasteiger partial charge in [-0.2, -0.15) is 0 Å². The molecule has 0 spiro atoms. The molecule has 0 aliphatic heterocycles. The lowest BCUT2D eigenvalue weighted by Crippen LogP contribution is -2.35. The van der Waals surface area contributed by atoms with Gasteiger partial charge in [-0.25, -0.2) is 0 Å². The molecule has 0 aromatic heterocycles. The third kappa shape index (κ3) is 6.49. The summed E-state index contributed by atoms with van der Waals surface area (Å²) in [5, 5.41) is 20.3. The zero-order valence-corrected chi connectivity index (χ0v) is 13.6. The van der Waals surface area contributed by atoms with Crippen LogP contribution in [0.15, 0.2) is 24.3 Å². The summed E-state index contributed by atoms with van der Waals surface area (Å²) in [7, 11) is 0. The smallest absolute Gasteiger partial charge is 0.119 e. The van der Waals surface area contributed by atoms with E-state index in [0.717, 1.165) is 43.4 Å². The van der Waals surface area contributed by atoms with Gasteiger partial charge in [0.15, 0.2) is 0 Å². The Bertz CT molecular complexity index is 397. The van der Waals surface area contributed by atoms with Crippen molar-refractivity contribution in [1.29, 1.82) is 0 Å². The van der Waals surface area contributed by atoms with E-state index in [1.807, 2.05) is 31.2 Å². The van der Waals surface area contributed by atoms with E-state index in [0.29, 0.717) is 13.0 Å². The fraction of sp³-hybridized carbons (Fsp3) is 0.667. The standard InChI is InChI=1S/C18H30O3/c1-4-10-18(20,11-5-2)14-21-17-9-7-8-15(13-17)12-16(19)6-3/h7-9,13,16,19-20H,4-6,10-12,14H2,1-3H3/t16-/m1/s1. The first kappa shape index (κ1) is 18.0. The van der Waals surface area contributed by atoms with Crippen LogP contribution in [0.3, 0.4) is 0 Å². The molecule has 0 radical (unpaired) electrons. The van der Waals surface area contributed by atoms with E-state index in [9.17, 15) is 10.2 Å². The topological polar surface area (TPSA) is 49.7 Å². The molecule has 1 atom stereocenters. The Morgan fingerprint density at radius 2 is 1.81 bits per heavy atom. The lowest BCUT2D eigenvalue weighted by atomic mass is 9.94. The summed E-state index contributed by atoms with van der Waals surface area (Å²) in [4.78, 5) is 0. The van der Waals surface area contributed by atoms with Gasteiger partial charge in [0.2, 0.25) is 0 Å². The Balaban J connectivity index is 2.63. The predicted octanol–water partition coefficient (Wildman–Crippen LogP) is 3.71. The second-order valence-corrected chi connectivity index (χ2v) is 5.93. The molecular weight excluding hydrogens is 264 g/mol. The van der Waals surface area contributed by atoms with Gasteiger partial charge in [0.25, 0.3) is 0 Å². The molecule has 0 aliphatic rings. The molecule has 0 heterocycles. The molecule has 2 N–H and O–H groups in total. The highest BCUT2D eigenvalue weighted by molar-refractivity contribution is 5.29. The molecule has 0 saturated carbocycles. The van der Waals surface area contributed by atoms with Gasteiger partial charge in [-0.05, 0) is 43.4 Å². The van der Waals surface area contributed by atoms with Crippen molar-refractivity contribution in [1.82, 2.24) is 0 Å². The molecule has 1 rings (SSSR count). The van der Waals surface area contributed by atoms with Crippen LogP contribution in [0, 0.1) is 0 Å². The predicted molar refractivity (Wildman–Crippen MR) is 86.7 cm³/mol. The van der Waals surface area contributed by atoms with E-state index in [1.54, 1.807) is 0 Å². The van der Waals surface area contributed by atoms with E-state index in [4.69, 9.17) is 4.74 Å². The fourth-order valence-corrected chi connectivity index (χ4v) is 2.60. The molecule has 3 nitrogen and oxygen atoms in total. The van der Waals surface area contributed by atoms with Crippen LogP contribution in [0.25, 0.3) is 0 Å². The molecule has 0 amide bonds. The highest BCUT2D eigenvalue weighted by atomic mass is 16.5. The van der Waals surface area contributed by atoms with Crippen molar-refractivity contribution in [3.8, 4) is 5.75 Å². The number of aliphatic hydroxyl groups excluding tert-OH is 1. The van der Waals surface area contributed by atoms with Crippen LogP contribution in [0.5, 0.6) is 5.75 Å². The average Bonchev–Trinajstić information content (AvgIpc) is 2.46. The van der Waals surface area contributed by atoms with Gasteiger partial charge in [-0.3, -0.25) is 0 Å². The molecule has 0 bridgehead atoms. The highest BCUT2D eigenvalue weighted by Gasteiger charge is 2.25. The second kappa shape index (κ2) is 9.06. The van der Waals surface area contributed by atoms with Crippen LogP contribution in [0.4, 0.5) is 0 Å². The van der Waals surface area contributed by atoms with Crippen LogP contribution in [0.2, 0.25) is 0 Å². The van der Waals surface area contributed by atoms with Crippen molar-refractivity contribution in [2.45, 2.75) is 71.0 Å². The molecule has 3 heteroatoms. The number of hydrogen-bond donors (Lipinski definition) is 2. The Morgan fingerprint density at radius 1 is 1.14 bits per heavy atom. The molecule has 0 aliphatic carbocycles. The molecule has 21 heavy (non-hydrogen) atoms. The number of aliphatic hydroxyl groups is 2. The number of hydrogen-bond acceptors (Lipinski definition) is 3. The highest BCUT2D eigenvalue weighted by Crippen LogP contribution is 2.22. The summed E-state index contributed by atoms with van der Waals surface area (Å²) in [6.45, 7) is 6.45. The monoisotopic (exact) mass is 294 g/mol. The van der Waals surface area contributed by atoms with Crippen LogP contribution in [-0.2, 0) is 6.42 Å². The summed E-state index contributed by atoms with van der Waals surface area (Å²) in [6, 6.07) is 7.79. The van der Waals surface area contributed by atoms with E-state index in [2.05, 4.69) is 13.8 Å². The maximum atomic E-state index is 10.6. The Morgan fingerprint density at radius 3 is 2.38 bits per heavy atom. The molecule has 0 unspecified atom stereocenters. The maximum Gasteiger partial charge on any atom is 0.119 e. The van der Waals surface area contributed by atoms with Crippen molar-refractivity contribution in [3.05, 3.63) is 29.8 Å². The molecule has 0 fully saturated rings. The lowest BCUT2D eigenvalue weighted by Gasteiger charge is -2.27. The Kier molecular flexibility index (Phi) is 7.76. The van der Waals surface area contributed by atoms with Crippen molar-refractivity contribution in [2.75, 3.05) is 6.61 Å². The van der Waals surface area contributed by atoms with E-state index in [-0.39, 0.29) is 6.10 Å². The maximum absolute atomic E-state index is 10.6. The second-order valence-electron chi connectivity index (χ2n) is 5.93. The van der Waals surface area contributed by atoms with Gasteiger partial charge in [-0.15, -0.1) is 0 Å². The van der Waals surface area contributed by atoms with Crippen molar-refractivity contribution in [3.63, 3.8) is 0 Å². The van der Waals surface area contributed by atoms with Gasteiger partial charge in [-0.1, -0.05) is 45.7 Å². The minimum absolute atomic E-state index is 0.308. The minimum Gasteiger partial charge on any atom is -0.491 e. The fourth-order valence-electron chi connectivity index (χ4n) is 2.60. The quantitative estimate of drug-likeness (QED) is 0.691. The van der Waals surface area contributed by atoms with E-state index in [1.165, 1.54) is 0 Å². The lowest BCUT2D eigenvalue weighted by molar-refractivity contribution is -0.0202. The Labute approximate surface area is 129 Å². The third-order valence-corrected chi connectivity index (χ3v) is 3.78. The normalized spacial score (nSPS) is 13.2. The van der Waals surface area contributed by atoms with Gasteiger partial charge >= 0.3 is 0 Å². The van der Waals surface area contributed by atoms with E-state index >= 15 is 0 Å². The number of ether oxygens (including phenoxy) is 1. The van der Waals surface area contributed by atoms with Crippen molar-refractivity contribution < 1.29 is 14.9 Å². The first-order chi connectivity index (χ1) is 10.0. The summed E-state index contributed by atoms with van der Waals surface area (Å²) >= 11 is 0. The molecule has 1 aromatic rings. The van der Waals surface area contributed by atoms with Gasteiger partial charge < -0.3 is 14.9 Å². The van der Waals surface area contributed by atoms with Crippen LogP contribution < -0.4 is 4.74 Å². The first-order valence-electron chi connectivity index (χ1n) is 8.15. The summed E-state index contributed by atoms with van der Waals surface area (Å²) in [6.07, 6.45) is 4.49. The van der Waals surface area contributed by atoms with E-state index < -0.39 is 5.60 Å². The average molecular weight is 294 g/mol. The molecule has 120 valence electrons. The van der Waals surface area contributed by atoms with Crippen molar-refractivity contribution >= 4 is 0 Å². The zero-order chi connectivity index (χ0) is 15.7. The first-order valence-corrected chi connectivity index (χ1v) is 8.15. The minimum atomic E-state index is -0.734. The number of rotatable bonds is 10. The summed E-state index contributed by atoms with van der Waals surface area (Å²) in [5.74, 6) is 0.765. The number of benzene rings is 1.